The molecule has 1 aliphatic carbocycles. The van der Waals surface area contributed by atoms with E-state index >= 15 is 0 Å². The van der Waals surface area contributed by atoms with Gasteiger partial charge in [0.05, 0.1) is 23.0 Å². The molecule has 0 saturated carbocycles. The largest absolute Gasteiger partial charge is 0.481 e. The van der Waals surface area contributed by atoms with Crippen LogP contribution < -0.4 is 0 Å². The van der Waals surface area contributed by atoms with Crippen molar-refractivity contribution >= 4 is 11.9 Å². The fourth-order valence-corrected chi connectivity index (χ4v) is 3.45. The van der Waals surface area contributed by atoms with E-state index in [-0.39, 0.29) is 17.7 Å². The monoisotopic (exact) mass is 406 g/mol. The highest BCUT2D eigenvalue weighted by Gasteiger charge is 2.46. The number of carboxylic acid groups (broad SMARTS) is 2. The van der Waals surface area contributed by atoms with Crippen LogP contribution in [0.2, 0.25) is 0 Å². The van der Waals surface area contributed by atoms with Crippen LogP contribution in [0.4, 0.5) is 13.2 Å². The molecular weight excluding hydrogens is 389 g/mol. The van der Waals surface area contributed by atoms with Gasteiger partial charge in [0, 0.05) is 29.8 Å². The molecule has 6 nitrogen and oxygen atoms in total. The Bertz CT molecular complexity index is 1030. The number of nitrogens with zero attached hydrogens (tertiary/aromatic N) is 2. The van der Waals surface area contributed by atoms with Crippen molar-refractivity contribution in [1.29, 1.82) is 0 Å². The van der Waals surface area contributed by atoms with Gasteiger partial charge in [0.1, 0.15) is 5.82 Å². The molecule has 152 valence electrons. The molecule has 2 N–H and O–H groups in total. The van der Waals surface area contributed by atoms with Gasteiger partial charge in [-0.15, -0.1) is 0 Å². The van der Waals surface area contributed by atoms with Crippen LogP contribution in [0.3, 0.4) is 0 Å². The van der Waals surface area contributed by atoms with E-state index in [1.54, 1.807) is 0 Å². The Morgan fingerprint density at radius 3 is 2.66 bits per heavy atom. The SMILES string of the molecule is CC1C(C(=O)O)=CC=CC1(Cc1cn(-c2ccc(F)c(C(F)F)c2)cn1)C(=O)O. The van der Waals surface area contributed by atoms with E-state index in [4.69, 9.17) is 0 Å². The first-order chi connectivity index (χ1) is 13.7. The summed E-state index contributed by atoms with van der Waals surface area (Å²) in [7, 11) is 0. The molecule has 1 heterocycles. The van der Waals surface area contributed by atoms with Crippen LogP contribution in [0.15, 0.2) is 54.5 Å². The maximum atomic E-state index is 13.5. The van der Waals surface area contributed by atoms with Gasteiger partial charge in [-0.2, -0.15) is 0 Å². The highest BCUT2D eigenvalue weighted by Crippen LogP contribution is 2.41. The normalized spacial score (nSPS) is 21.3. The minimum absolute atomic E-state index is 0.0329. The summed E-state index contributed by atoms with van der Waals surface area (Å²) in [5, 5.41) is 19.2. The molecule has 9 heteroatoms. The molecule has 0 aliphatic heterocycles. The number of halogens is 3. The van der Waals surface area contributed by atoms with Crippen molar-refractivity contribution in [1.82, 2.24) is 9.55 Å². The van der Waals surface area contributed by atoms with Crippen LogP contribution in [0.25, 0.3) is 5.69 Å². The summed E-state index contributed by atoms with van der Waals surface area (Å²) >= 11 is 0. The Morgan fingerprint density at radius 1 is 1.31 bits per heavy atom. The number of alkyl halides is 2. The number of benzene rings is 1. The smallest absolute Gasteiger partial charge is 0.331 e. The number of carboxylic acids is 2. The Balaban J connectivity index is 1.94. The lowest BCUT2D eigenvalue weighted by Crippen LogP contribution is -2.41. The second-order valence-corrected chi connectivity index (χ2v) is 6.81. The van der Waals surface area contributed by atoms with Crippen LogP contribution in [0.1, 0.15) is 24.6 Å². The molecular formula is C20H17F3N2O4. The van der Waals surface area contributed by atoms with E-state index < -0.39 is 41.1 Å². The van der Waals surface area contributed by atoms with E-state index in [0.717, 1.165) is 12.1 Å². The molecule has 0 fully saturated rings. The number of hydrogen-bond donors (Lipinski definition) is 2. The first-order valence-electron chi connectivity index (χ1n) is 8.62. The van der Waals surface area contributed by atoms with Crippen LogP contribution in [-0.2, 0) is 16.0 Å². The summed E-state index contributed by atoms with van der Waals surface area (Å²) in [6.07, 6.45) is 3.84. The van der Waals surface area contributed by atoms with Gasteiger partial charge in [0.25, 0.3) is 6.43 Å². The average Bonchev–Trinajstić information content (AvgIpc) is 3.11. The lowest BCUT2D eigenvalue weighted by Gasteiger charge is -2.34. The van der Waals surface area contributed by atoms with E-state index in [1.165, 1.54) is 48.3 Å². The van der Waals surface area contributed by atoms with Crippen molar-refractivity contribution in [3.05, 3.63) is 71.6 Å². The lowest BCUT2D eigenvalue weighted by atomic mass is 9.67. The van der Waals surface area contributed by atoms with Crippen molar-refractivity contribution in [2.45, 2.75) is 19.8 Å². The summed E-state index contributed by atoms with van der Waals surface area (Å²) in [5.74, 6) is -4.26. The van der Waals surface area contributed by atoms with Gasteiger partial charge in [0.2, 0.25) is 0 Å². The first-order valence-corrected chi connectivity index (χ1v) is 8.62. The molecule has 0 saturated heterocycles. The molecule has 1 aromatic heterocycles. The Kier molecular flexibility index (Phi) is 5.32. The number of hydrogen-bond acceptors (Lipinski definition) is 3. The standard InChI is InChI=1S/C20H17F3N2O4/c1-11-14(18(26)27)3-2-6-20(11,19(28)29)8-12-9-25(10-24-12)13-4-5-16(21)15(7-13)17(22)23/h2-7,9-11,17H,8H2,1H3,(H,26,27)(H,28,29). The molecule has 0 amide bonds. The first kappa shape index (κ1) is 20.4. The molecule has 1 aromatic carbocycles. The molecule has 2 aromatic rings. The summed E-state index contributed by atoms with van der Waals surface area (Å²) < 4.78 is 40.7. The molecule has 29 heavy (non-hydrogen) atoms. The molecule has 0 bridgehead atoms. The summed E-state index contributed by atoms with van der Waals surface area (Å²) in [6, 6.07) is 3.21. The van der Waals surface area contributed by atoms with Crippen LogP contribution in [-0.4, -0.2) is 31.7 Å². The lowest BCUT2D eigenvalue weighted by molar-refractivity contribution is -0.148. The summed E-state index contributed by atoms with van der Waals surface area (Å²) in [5.41, 5.74) is -1.76. The third-order valence-electron chi connectivity index (χ3n) is 5.18. The predicted molar refractivity (Wildman–Crippen MR) is 96.3 cm³/mol. The Labute approximate surface area is 163 Å². The van der Waals surface area contributed by atoms with E-state index in [9.17, 15) is 33.0 Å². The van der Waals surface area contributed by atoms with E-state index in [0.29, 0.717) is 5.69 Å². The van der Waals surface area contributed by atoms with Gasteiger partial charge in [-0.1, -0.05) is 25.2 Å². The molecule has 0 radical (unpaired) electrons. The molecule has 3 rings (SSSR count). The molecule has 2 unspecified atom stereocenters. The minimum Gasteiger partial charge on any atom is -0.481 e. The number of imidazole rings is 1. The molecule has 1 aliphatic rings. The van der Waals surface area contributed by atoms with Gasteiger partial charge < -0.3 is 14.8 Å². The Hall–Kier alpha value is -3.36. The molecule has 0 spiro atoms. The van der Waals surface area contributed by atoms with Gasteiger partial charge in [0.15, 0.2) is 0 Å². The molecule has 2 atom stereocenters. The number of aromatic nitrogens is 2. The van der Waals surface area contributed by atoms with E-state index in [2.05, 4.69) is 4.98 Å². The maximum Gasteiger partial charge on any atom is 0.331 e. The van der Waals surface area contributed by atoms with Crippen molar-refractivity contribution in [3.8, 4) is 5.69 Å². The fraction of sp³-hybridized carbons (Fsp3) is 0.250. The quantitative estimate of drug-likeness (QED) is 0.762. The maximum absolute atomic E-state index is 13.5. The van der Waals surface area contributed by atoms with Crippen LogP contribution in [0, 0.1) is 17.2 Å². The van der Waals surface area contributed by atoms with Gasteiger partial charge in [-0.05, 0) is 18.2 Å². The number of aliphatic carboxylic acids is 2. The third-order valence-corrected chi connectivity index (χ3v) is 5.18. The zero-order valence-electron chi connectivity index (χ0n) is 15.2. The second kappa shape index (κ2) is 7.57. The van der Waals surface area contributed by atoms with Crippen molar-refractivity contribution < 1.29 is 33.0 Å². The number of carbonyl (C=O) groups is 2. The summed E-state index contributed by atoms with van der Waals surface area (Å²) in [6.45, 7) is 1.52. The van der Waals surface area contributed by atoms with Gasteiger partial charge in [-0.25, -0.2) is 22.9 Å². The number of rotatable bonds is 6. The van der Waals surface area contributed by atoms with Crippen molar-refractivity contribution in [3.63, 3.8) is 0 Å². The fourth-order valence-electron chi connectivity index (χ4n) is 3.45. The highest BCUT2D eigenvalue weighted by atomic mass is 19.3. The topological polar surface area (TPSA) is 92.4 Å². The van der Waals surface area contributed by atoms with Crippen molar-refractivity contribution in [2.24, 2.45) is 11.3 Å². The van der Waals surface area contributed by atoms with Gasteiger partial charge >= 0.3 is 11.9 Å². The zero-order chi connectivity index (χ0) is 21.3. The van der Waals surface area contributed by atoms with Crippen molar-refractivity contribution in [2.75, 3.05) is 0 Å². The number of allylic oxidation sites excluding steroid dienone is 2. The minimum atomic E-state index is -2.98. The third kappa shape index (κ3) is 3.67. The van der Waals surface area contributed by atoms with E-state index in [1.807, 2.05) is 0 Å². The second-order valence-electron chi connectivity index (χ2n) is 6.81. The van der Waals surface area contributed by atoms with Crippen LogP contribution in [0.5, 0.6) is 0 Å². The highest BCUT2D eigenvalue weighted by molar-refractivity contribution is 5.91. The van der Waals surface area contributed by atoms with Gasteiger partial charge in [-0.3, -0.25) is 4.79 Å². The summed E-state index contributed by atoms with van der Waals surface area (Å²) in [4.78, 5) is 27.6. The average molecular weight is 406 g/mol. The van der Waals surface area contributed by atoms with Crippen LogP contribution >= 0.6 is 0 Å². The zero-order valence-corrected chi connectivity index (χ0v) is 15.2. The predicted octanol–water partition coefficient (Wildman–Crippen LogP) is 3.78. The Morgan fingerprint density at radius 2 is 2.03 bits per heavy atom.